The summed E-state index contributed by atoms with van der Waals surface area (Å²) in [4.78, 5) is 20.8. The summed E-state index contributed by atoms with van der Waals surface area (Å²) < 4.78 is 36.7. The largest absolute Gasteiger partial charge is 0.493 e. The summed E-state index contributed by atoms with van der Waals surface area (Å²) in [5, 5.41) is 3.64. The Balaban J connectivity index is 1.73. The van der Waals surface area contributed by atoms with E-state index in [2.05, 4.69) is 15.1 Å². The predicted octanol–water partition coefficient (Wildman–Crippen LogP) is 0.371. The summed E-state index contributed by atoms with van der Waals surface area (Å²) in [5.74, 6) is 0.265. The van der Waals surface area contributed by atoms with Crippen LogP contribution in [0.15, 0.2) is 27.7 Å². The average Bonchev–Trinajstić information content (AvgIpc) is 3.07. The lowest BCUT2D eigenvalue weighted by molar-refractivity contribution is 0.0980. The first kappa shape index (κ1) is 18.4. The molecule has 0 saturated heterocycles. The first-order valence-electron chi connectivity index (χ1n) is 8.62. The van der Waals surface area contributed by atoms with Gasteiger partial charge < -0.3 is 15.0 Å². The number of sulfonamides is 1. The summed E-state index contributed by atoms with van der Waals surface area (Å²) in [6.07, 6.45) is 0.406. The number of hydrogen-bond acceptors (Lipinski definition) is 9. The minimum Gasteiger partial charge on any atom is -0.493 e. The van der Waals surface area contributed by atoms with E-state index in [-0.39, 0.29) is 29.7 Å². The number of aryl methyl sites for hydroxylation is 1. The van der Waals surface area contributed by atoms with Crippen LogP contribution in [-0.2, 0) is 22.0 Å². The van der Waals surface area contributed by atoms with Gasteiger partial charge in [-0.3, -0.25) is 4.79 Å². The molecule has 0 fully saturated rings. The smallest absolute Gasteiger partial charge is 0.239 e. The minimum atomic E-state index is -3.61. The lowest BCUT2D eigenvalue weighted by atomic mass is 9.85. The second-order valence-electron chi connectivity index (χ2n) is 6.89. The second-order valence-corrected chi connectivity index (χ2v) is 8.89. The van der Waals surface area contributed by atoms with Gasteiger partial charge in [0, 0.05) is 32.4 Å². The number of ketones is 1. The number of ether oxygens (including phenoxy) is 1. The number of benzene rings is 1. The van der Waals surface area contributed by atoms with Gasteiger partial charge in [0.25, 0.3) is 0 Å². The number of carbonyl (C=O) groups is 1. The molecule has 10 nitrogen and oxygen atoms in total. The number of rotatable bonds is 3. The van der Waals surface area contributed by atoms with Gasteiger partial charge in [-0.15, -0.1) is 0 Å². The maximum absolute atomic E-state index is 12.6. The van der Waals surface area contributed by atoms with Gasteiger partial charge in [-0.1, -0.05) is 11.2 Å². The molecule has 0 aliphatic carbocycles. The number of aromatic nitrogens is 2. The van der Waals surface area contributed by atoms with Crippen molar-refractivity contribution in [2.24, 2.45) is 10.7 Å². The summed E-state index contributed by atoms with van der Waals surface area (Å²) in [6.45, 7) is 1.93. The normalized spacial score (nSPS) is 23.1. The summed E-state index contributed by atoms with van der Waals surface area (Å²) in [5.41, 5.74) is 6.12. The standard InChI is InChI=1S/C17H19N5O5S/c1-10-19-15(21-27-10)13(23)8-11-3-4-14-12(7-11)17(5-6-26-14)9-28(24,25)22(2)16(18)20-17/h3-4,7H,5-6,8-9H2,1-2H3,(H2,18,20)/t17-/m0/s1. The van der Waals surface area contributed by atoms with Crippen molar-refractivity contribution in [3.63, 3.8) is 0 Å². The van der Waals surface area contributed by atoms with Crippen molar-refractivity contribution in [1.82, 2.24) is 14.4 Å². The molecule has 0 bridgehead atoms. The van der Waals surface area contributed by atoms with Gasteiger partial charge in [0.1, 0.15) is 11.3 Å². The molecule has 3 heterocycles. The molecule has 0 amide bonds. The van der Waals surface area contributed by atoms with Crippen LogP contribution < -0.4 is 10.5 Å². The average molecular weight is 405 g/mol. The fourth-order valence-electron chi connectivity index (χ4n) is 3.45. The van der Waals surface area contributed by atoms with Gasteiger partial charge in [-0.25, -0.2) is 17.7 Å². The number of nitrogens with zero attached hydrogens (tertiary/aromatic N) is 4. The Bertz CT molecular complexity index is 1090. The van der Waals surface area contributed by atoms with Crippen molar-refractivity contribution in [1.29, 1.82) is 0 Å². The number of guanidine groups is 1. The number of Topliss-reactive ketones (excluding diaryl/α,β-unsaturated/α-hetero) is 1. The molecule has 1 spiro atoms. The van der Waals surface area contributed by atoms with Crippen LogP contribution >= 0.6 is 0 Å². The van der Waals surface area contributed by atoms with E-state index in [0.717, 1.165) is 4.31 Å². The van der Waals surface area contributed by atoms with Crippen LogP contribution in [0.25, 0.3) is 0 Å². The van der Waals surface area contributed by atoms with Gasteiger partial charge in [0.2, 0.25) is 33.5 Å². The van der Waals surface area contributed by atoms with E-state index >= 15 is 0 Å². The highest BCUT2D eigenvalue weighted by Gasteiger charge is 2.46. The van der Waals surface area contributed by atoms with Crippen molar-refractivity contribution in [2.75, 3.05) is 19.4 Å². The molecular formula is C17H19N5O5S. The summed E-state index contributed by atoms with van der Waals surface area (Å²) in [6, 6.07) is 5.22. The molecule has 1 aromatic heterocycles. The van der Waals surface area contributed by atoms with E-state index in [1.165, 1.54) is 7.05 Å². The Labute approximate surface area is 161 Å². The third kappa shape index (κ3) is 3.01. The Morgan fingerprint density at radius 1 is 1.39 bits per heavy atom. The van der Waals surface area contributed by atoms with Gasteiger partial charge in [0.05, 0.1) is 12.4 Å². The third-order valence-corrected chi connectivity index (χ3v) is 6.81. The molecule has 2 aliphatic heterocycles. The molecule has 0 radical (unpaired) electrons. The fourth-order valence-corrected chi connectivity index (χ4v) is 4.93. The monoisotopic (exact) mass is 405 g/mol. The SMILES string of the molecule is Cc1nc(C(=O)Cc2ccc3c(c2)[C@]2(CCO3)CS(=O)(=O)N(C)C(N)=N2)no1. The van der Waals surface area contributed by atoms with E-state index in [1.54, 1.807) is 25.1 Å². The van der Waals surface area contributed by atoms with E-state index in [0.29, 0.717) is 35.8 Å². The molecule has 1 aromatic carbocycles. The molecule has 2 aliphatic rings. The molecule has 2 N–H and O–H groups in total. The first-order chi connectivity index (χ1) is 13.2. The van der Waals surface area contributed by atoms with Crippen LogP contribution in [0, 0.1) is 6.92 Å². The third-order valence-electron chi connectivity index (χ3n) is 4.95. The van der Waals surface area contributed by atoms with Gasteiger partial charge in [0.15, 0.2) is 0 Å². The molecule has 2 aromatic rings. The molecule has 148 valence electrons. The highest BCUT2D eigenvalue weighted by Crippen LogP contribution is 2.43. The Kier molecular flexibility index (Phi) is 4.14. The van der Waals surface area contributed by atoms with Crippen molar-refractivity contribution < 1.29 is 22.5 Å². The quantitative estimate of drug-likeness (QED) is 0.722. The molecule has 0 saturated carbocycles. The number of nitrogens with two attached hydrogens (primary N) is 1. The van der Waals surface area contributed by atoms with Crippen molar-refractivity contribution >= 4 is 21.8 Å². The van der Waals surface area contributed by atoms with Crippen molar-refractivity contribution in [2.45, 2.75) is 25.3 Å². The highest BCUT2D eigenvalue weighted by atomic mass is 32.2. The predicted molar refractivity (Wildman–Crippen MR) is 98.5 cm³/mol. The number of aliphatic imine (C=N–C) groups is 1. The van der Waals surface area contributed by atoms with Crippen LogP contribution in [0.4, 0.5) is 0 Å². The number of carbonyl (C=O) groups excluding carboxylic acids is 1. The molecule has 11 heteroatoms. The van der Waals surface area contributed by atoms with Crippen LogP contribution in [0.1, 0.15) is 34.1 Å². The lowest BCUT2D eigenvalue weighted by Gasteiger charge is -2.40. The second kappa shape index (κ2) is 6.30. The number of hydrogen-bond donors (Lipinski definition) is 1. The Morgan fingerprint density at radius 3 is 2.86 bits per heavy atom. The minimum absolute atomic E-state index is 0.00492. The van der Waals surface area contributed by atoms with Crippen LogP contribution in [0.3, 0.4) is 0 Å². The van der Waals surface area contributed by atoms with Crippen LogP contribution in [0.2, 0.25) is 0 Å². The first-order valence-corrected chi connectivity index (χ1v) is 10.2. The maximum atomic E-state index is 12.6. The lowest BCUT2D eigenvalue weighted by Crippen LogP contribution is -2.52. The van der Waals surface area contributed by atoms with E-state index in [9.17, 15) is 13.2 Å². The van der Waals surface area contributed by atoms with E-state index < -0.39 is 15.6 Å². The maximum Gasteiger partial charge on any atom is 0.239 e. The topological polar surface area (TPSA) is 141 Å². The molecule has 28 heavy (non-hydrogen) atoms. The van der Waals surface area contributed by atoms with Gasteiger partial charge in [-0.05, 0) is 17.7 Å². The van der Waals surface area contributed by atoms with Crippen LogP contribution in [0.5, 0.6) is 5.75 Å². The molecule has 0 unspecified atom stereocenters. The Hall–Kier alpha value is -2.95. The van der Waals surface area contributed by atoms with Crippen molar-refractivity contribution in [3.8, 4) is 5.75 Å². The van der Waals surface area contributed by atoms with Crippen LogP contribution in [-0.4, -0.2) is 54.0 Å². The fraction of sp³-hybridized carbons (Fsp3) is 0.412. The van der Waals surface area contributed by atoms with E-state index in [1.807, 2.05) is 0 Å². The zero-order valence-corrected chi connectivity index (χ0v) is 16.2. The molecular weight excluding hydrogens is 386 g/mol. The summed E-state index contributed by atoms with van der Waals surface area (Å²) in [7, 11) is -2.24. The van der Waals surface area contributed by atoms with Crippen molar-refractivity contribution in [3.05, 3.63) is 41.0 Å². The van der Waals surface area contributed by atoms with Gasteiger partial charge in [-0.2, -0.15) is 4.98 Å². The van der Waals surface area contributed by atoms with E-state index in [4.69, 9.17) is 15.0 Å². The summed E-state index contributed by atoms with van der Waals surface area (Å²) >= 11 is 0. The zero-order chi connectivity index (χ0) is 20.1. The highest BCUT2D eigenvalue weighted by molar-refractivity contribution is 7.89. The van der Waals surface area contributed by atoms with Gasteiger partial charge >= 0.3 is 0 Å². The molecule has 1 atom stereocenters. The number of fused-ring (bicyclic) bond motifs is 2. The zero-order valence-electron chi connectivity index (χ0n) is 15.4. The Morgan fingerprint density at radius 2 is 2.18 bits per heavy atom. The molecule has 4 rings (SSSR count).